The molecule has 166 valence electrons. The molecule has 0 aromatic heterocycles. The molecule has 3 aromatic rings. The first kappa shape index (κ1) is 23.5. The minimum absolute atomic E-state index is 0.0659. The van der Waals surface area contributed by atoms with Crippen molar-refractivity contribution in [2.75, 3.05) is 23.5 Å². The number of para-hydroxylation sites is 1. The van der Waals surface area contributed by atoms with Gasteiger partial charge >= 0.3 is 12.1 Å². The first-order valence-electron chi connectivity index (χ1n) is 9.80. The van der Waals surface area contributed by atoms with Crippen LogP contribution in [0.2, 0.25) is 5.02 Å². The number of hydrogen-bond acceptors (Lipinski definition) is 6. The summed E-state index contributed by atoms with van der Waals surface area (Å²) in [7, 11) is 1.28. The normalized spacial score (nSPS) is 11.4. The third-order valence-electron chi connectivity index (χ3n) is 4.61. The highest BCUT2D eigenvalue weighted by atomic mass is 35.5. The number of ether oxygens (including phenoxy) is 2. The Morgan fingerprint density at radius 3 is 2.31 bits per heavy atom. The molecule has 3 aromatic carbocycles. The van der Waals surface area contributed by atoms with Crippen molar-refractivity contribution in [3.05, 3.63) is 89.4 Å². The summed E-state index contributed by atoms with van der Waals surface area (Å²) < 4.78 is 10.5. The number of nitrogens with zero attached hydrogens (tertiary/aromatic N) is 1. The maximum Gasteiger partial charge on any atom is 0.415 e. The van der Waals surface area contributed by atoms with Crippen LogP contribution in [0.1, 0.15) is 5.56 Å². The summed E-state index contributed by atoms with van der Waals surface area (Å²) in [5.74, 6) is -0.358. The highest BCUT2D eigenvalue weighted by Crippen LogP contribution is 2.29. The molecule has 0 radical (unpaired) electrons. The van der Waals surface area contributed by atoms with Crippen LogP contribution >= 0.6 is 23.4 Å². The van der Waals surface area contributed by atoms with Crippen LogP contribution in [0, 0.1) is 0 Å². The van der Waals surface area contributed by atoms with Crippen molar-refractivity contribution in [1.29, 1.82) is 0 Å². The molecule has 0 aliphatic carbocycles. The average Bonchev–Trinajstić information content (AvgIpc) is 2.82. The zero-order valence-electron chi connectivity index (χ0n) is 17.4. The number of nitrogens with two attached hydrogens (primary N) is 1. The van der Waals surface area contributed by atoms with Crippen LogP contribution in [-0.4, -0.2) is 31.0 Å². The number of esters is 1. The molecule has 3 rings (SSSR count). The predicted molar refractivity (Wildman–Crippen MR) is 128 cm³/mol. The molecule has 1 unspecified atom stereocenters. The third kappa shape index (κ3) is 6.18. The van der Waals surface area contributed by atoms with Gasteiger partial charge in [0.25, 0.3) is 0 Å². The number of nitrogen functional groups attached to an aromatic ring is 1. The number of amides is 1. The van der Waals surface area contributed by atoms with E-state index in [0.717, 1.165) is 10.5 Å². The third-order valence-corrected chi connectivity index (χ3v) is 6.02. The topological polar surface area (TPSA) is 81.9 Å². The van der Waals surface area contributed by atoms with Gasteiger partial charge in [-0.05, 0) is 42.0 Å². The Morgan fingerprint density at radius 2 is 1.66 bits per heavy atom. The number of benzene rings is 3. The fourth-order valence-electron chi connectivity index (χ4n) is 2.97. The van der Waals surface area contributed by atoms with E-state index in [0.29, 0.717) is 16.4 Å². The number of hydrogen-bond donors (Lipinski definition) is 1. The van der Waals surface area contributed by atoms with Crippen molar-refractivity contribution in [2.24, 2.45) is 0 Å². The Morgan fingerprint density at radius 1 is 1.00 bits per heavy atom. The second kappa shape index (κ2) is 11.5. The minimum atomic E-state index is -0.950. The summed E-state index contributed by atoms with van der Waals surface area (Å²) in [5, 5.41) is 0.507. The Kier molecular flexibility index (Phi) is 8.41. The van der Waals surface area contributed by atoms with Gasteiger partial charge in [-0.2, -0.15) is 0 Å². The molecule has 0 saturated heterocycles. The lowest BCUT2D eigenvalue weighted by atomic mass is 10.2. The highest BCUT2D eigenvalue weighted by Gasteiger charge is 2.33. The van der Waals surface area contributed by atoms with Gasteiger partial charge in [-0.1, -0.05) is 54.1 Å². The maximum absolute atomic E-state index is 13.2. The molecular formula is C24H23ClN2O4S. The van der Waals surface area contributed by atoms with E-state index in [9.17, 15) is 9.59 Å². The maximum atomic E-state index is 13.2. The van der Waals surface area contributed by atoms with Gasteiger partial charge in [-0.15, -0.1) is 11.8 Å². The summed E-state index contributed by atoms with van der Waals surface area (Å²) in [5.41, 5.74) is 7.92. The van der Waals surface area contributed by atoms with Crippen LogP contribution < -0.4 is 10.6 Å². The van der Waals surface area contributed by atoms with Gasteiger partial charge in [0.05, 0.1) is 7.11 Å². The lowest BCUT2D eigenvalue weighted by molar-refractivity contribution is -0.141. The number of anilines is 2. The van der Waals surface area contributed by atoms with E-state index in [1.54, 1.807) is 30.3 Å². The molecule has 8 heteroatoms. The fourth-order valence-corrected chi connectivity index (χ4v) is 4.13. The van der Waals surface area contributed by atoms with Gasteiger partial charge in [-0.3, -0.25) is 4.90 Å². The van der Waals surface area contributed by atoms with Gasteiger partial charge in [0.1, 0.15) is 12.6 Å². The van der Waals surface area contributed by atoms with Gasteiger partial charge in [0.15, 0.2) is 0 Å². The zero-order valence-corrected chi connectivity index (χ0v) is 19.0. The van der Waals surface area contributed by atoms with E-state index >= 15 is 0 Å². The highest BCUT2D eigenvalue weighted by molar-refractivity contribution is 7.99. The summed E-state index contributed by atoms with van der Waals surface area (Å²) in [6.45, 7) is 0.0659. The van der Waals surface area contributed by atoms with Gasteiger partial charge in [0.2, 0.25) is 0 Å². The first-order valence-corrected chi connectivity index (χ1v) is 11.2. The van der Waals surface area contributed by atoms with E-state index in [1.807, 2.05) is 48.5 Å². The first-order chi connectivity index (χ1) is 15.5. The second-order valence-corrected chi connectivity index (χ2v) is 8.27. The number of methoxy groups -OCH3 is 1. The van der Waals surface area contributed by atoms with Crippen LogP contribution in [0.5, 0.6) is 0 Å². The van der Waals surface area contributed by atoms with Crippen LogP contribution in [-0.2, 0) is 20.9 Å². The molecular weight excluding hydrogens is 448 g/mol. The van der Waals surface area contributed by atoms with Crippen LogP contribution in [0.25, 0.3) is 0 Å². The van der Waals surface area contributed by atoms with Crippen LogP contribution in [0.3, 0.4) is 0 Å². The molecule has 32 heavy (non-hydrogen) atoms. The summed E-state index contributed by atoms with van der Waals surface area (Å²) in [4.78, 5) is 28.0. The number of rotatable bonds is 8. The van der Waals surface area contributed by atoms with Crippen molar-refractivity contribution in [1.82, 2.24) is 0 Å². The molecule has 0 fully saturated rings. The predicted octanol–water partition coefficient (Wildman–Crippen LogP) is 5.40. The molecule has 0 bridgehead atoms. The molecule has 0 heterocycles. The van der Waals surface area contributed by atoms with E-state index in [2.05, 4.69) is 0 Å². The minimum Gasteiger partial charge on any atom is -0.467 e. The second-order valence-electron chi connectivity index (χ2n) is 6.77. The largest absolute Gasteiger partial charge is 0.467 e. The monoisotopic (exact) mass is 470 g/mol. The molecule has 2 N–H and O–H groups in total. The van der Waals surface area contributed by atoms with Crippen LogP contribution in [0.15, 0.2) is 83.8 Å². The Bertz CT molecular complexity index is 1050. The fraction of sp³-hybridized carbons (Fsp3) is 0.167. The van der Waals surface area contributed by atoms with Gasteiger partial charge in [0, 0.05) is 27.0 Å². The van der Waals surface area contributed by atoms with Crippen molar-refractivity contribution in [2.45, 2.75) is 17.5 Å². The van der Waals surface area contributed by atoms with E-state index in [1.165, 1.54) is 23.8 Å². The number of thioether (sulfide) groups is 1. The van der Waals surface area contributed by atoms with Gasteiger partial charge in [-0.25, -0.2) is 9.59 Å². The standard InChI is InChI=1S/C24H23ClN2O4S/c1-30-23(28)21(16-32-22-10-6-5-9-20(22)26)27(19-13-11-18(25)12-14-19)24(29)31-15-17-7-3-2-4-8-17/h2-14,21H,15-16,26H2,1H3. The SMILES string of the molecule is COC(=O)C(CSc1ccccc1N)N(C(=O)OCc1ccccc1)c1ccc(Cl)cc1. The molecule has 0 aliphatic rings. The van der Waals surface area contributed by atoms with Crippen molar-refractivity contribution in [3.63, 3.8) is 0 Å². The van der Waals surface area contributed by atoms with Crippen molar-refractivity contribution < 1.29 is 19.1 Å². The number of carbonyl (C=O) groups excluding carboxylic acids is 2. The smallest absolute Gasteiger partial charge is 0.415 e. The van der Waals surface area contributed by atoms with Gasteiger partial charge < -0.3 is 15.2 Å². The number of halogens is 1. The summed E-state index contributed by atoms with van der Waals surface area (Å²) in [6, 6.07) is 22.3. The van der Waals surface area contributed by atoms with E-state index in [4.69, 9.17) is 26.8 Å². The molecule has 0 aliphatic heterocycles. The lowest BCUT2D eigenvalue weighted by Gasteiger charge is -2.29. The average molecular weight is 471 g/mol. The van der Waals surface area contributed by atoms with Crippen molar-refractivity contribution in [3.8, 4) is 0 Å². The number of carbonyl (C=O) groups is 2. The lowest BCUT2D eigenvalue weighted by Crippen LogP contribution is -2.47. The summed E-state index contributed by atoms with van der Waals surface area (Å²) >= 11 is 7.38. The summed E-state index contributed by atoms with van der Waals surface area (Å²) in [6.07, 6.45) is -0.673. The molecule has 6 nitrogen and oxygen atoms in total. The van der Waals surface area contributed by atoms with Crippen molar-refractivity contribution >= 4 is 46.8 Å². The Balaban J connectivity index is 1.88. The Labute approximate surface area is 196 Å². The van der Waals surface area contributed by atoms with E-state index in [-0.39, 0.29) is 12.4 Å². The molecule has 1 amide bonds. The Hall–Kier alpha value is -3.16. The zero-order chi connectivity index (χ0) is 22.9. The molecule has 1 atom stereocenters. The molecule has 0 spiro atoms. The van der Waals surface area contributed by atoms with E-state index < -0.39 is 18.1 Å². The van der Waals surface area contributed by atoms with Crippen LogP contribution in [0.4, 0.5) is 16.2 Å². The quantitative estimate of drug-likeness (QED) is 0.269. The molecule has 0 saturated carbocycles.